The van der Waals surface area contributed by atoms with Crippen LogP contribution in [0.5, 0.6) is 11.6 Å². The first-order valence-corrected chi connectivity index (χ1v) is 6.43. The lowest BCUT2D eigenvalue weighted by atomic mass is 10.1. The molecule has 0 fully saturated rings. The van der Waals surface area contributed by atoms with Crippen LogP contribution in [-0.4, -0.2) is 14.3 Å². The third-order valence-electron chi connectivity index (χ3n) is 3.20. The monoisotopic (exact) mass is 283 g/mol. The van der Waals surface area contributed by atoms with E-state index in [0.717, 1.165) is 11.1 Å². The average molecular weight is 283 g/mol. The maximum Gasteiger partial charge on any atom is 0.392 e. The molecule has 3 rings (SSSR count). The molecule has 0 bridgehead atoms. The number of aromatic nitrogens is 2. The summed E-state index contributed by atoms with van der Waals surface area (Å²) in [6, 6.07) is 10.9. The lowest BCUT2D eigenvalue weighted by molar-refractivity contribution is -0.391. The van der Waals surface area contributed by atoms with Crippen LogP contribution in [-0.2, 0) is 0 Å². The minimum atomic E-state index is -0.486. The summed E-state index contributed by atoms with van der Waals surface area (Å²) in [5.74, 6) is 0.396. The maximum absolute atomic E-state index is 11.3. The van der Waals surface area contributed by atoms with E-state index in [2.05, 4.69) is 4.98 Å². The lowest BCUT2D eigenvalue weighted by Gasteiger charge is -2.06. The molecular weight excluding hydrogens is 270 g/mol. The summed E-state index contributed by atoms with van der Waals surface area (Å²) < 4.78 is 7.10. The van der Waals surface area contributed by atoms with Gasteiger partial charge in [-0.25, -0.2) is 0 Å². The van der Waals surface area contributed by atoms with Crippen molar-refractivity contribution in [3.05, 3.63) is 63.8 Å². The Kier molecular flexibility index (Phi) is 3.06. The van der Waals surface area contributed by atoms with Crippen LogP contribution in [0, 0.1) is 24.0 Å². The minimum absolute atomic E-state index is 0.0000926. The quantitative estimate of drug-likeness (QED) is 0.543. The van der Waals surface area contributed by atoms with E-state index < -0.39 is 4.92 Å². The van der Waals surface area contributed by atoms with Gasteiger partial charge in [-0.3, -0.25) is 0 Å². The van der Waals surface area contributed by atoms with Gasteiger partial charge < -0.3 is 14.9 Å². The zero-order chi connectivity index (χ0) is 15.0. The lowest BCUT2D eigenvalue weighted by Crippen LogP contribution is -1.96. The normalized spacial score (nSPS) is 10.8. The van der Waals surface area contributed by atoms with Crippen LogP contribution in [0.3, 0.4) is 0 Å². The van der Waals surface area contributed by atoms with Crippen LogP contribution >= 0.6 is 0 Å². The Morgan fingerprint density at radius 1 is 1.24 bits per heavy atom. The van der Waals surface area contributed by atoms with Crippen molar-refractivity contribution >= 4 is 11.5 Å². The molecule has 6 nitrogen and oxygen atoms in total. The van der Waals surface area contributed by atoms with Gasteiger partial charge in [0.2, 0.25) is 5.65 Å². The SMILES string of the molecule is Cc1ccc(C)c(Oc2nc3ccccn3c2[N+](=O)[O-])c1. The number of rotatable bonds is 3. The van der Waals surface area contributed by atoms with Crippen molar-refractivity contribution in [2.45, 2.75) is 13.8 Å². The van der Waals surface area contributed by atoms with Gasteiger partial charge in [0.1, 0.15) is 5.75 Å². The topological polar surface area (TPSA) is 69.7 Å². The van der Waals surface area contributed by atoms with Gasteiger partial charge in [-0.15, -0.1) is 0 Å². The summed E-state index contributed by atoms with van der Waals surface area (Å²) in [6.07, 6.45) is 1.59. The minimum Gasteiger partial charge on any atom is -0.432 e. The second-order valence-electron chi connectivity index (χ2n) is 4.80. The summed E-state index contributed by atoms with van der Waals surface area (Å²) in [6.45, 7) is 3.82. The molecule has 0 spiro atoms. The summed E-state index contributed by atoms with van der Waals surface area (Å²) in [5, 5.41) is 11.3. The molecule has 0 aliphatic rings. The molecule has 0 aliphatic heterocycles. The van der Waals surface area contributed by atoms with Gasteiger partial charge in [0.15, 0.2) is 0 Å². The number of hydrogen-bond donors (Lipinski definition) is 0. The predicted octanol–water partition coefficient (Wildman–Crippen LogP) is 3.65. The number of imidazole rings is 1. The van der Waals surface area contributed by atoms with Gasteiger partial charge >= 0.3 is 11.7 Å². The first kappa shape index (κ1) is 13.1. The molecule has 3 aromatic rings. The molecule has 2 heterocycles. The Morgan fingerprint density at radius 3 is 2.81 bits per heavy atom. The fourth-order valence-electron chi connectivity index (χ4n) is 2.12. The molecule has 6 heteroatoms. The Hall–Kier alpha value is -2.89. The van der Waals surface area contributed by atoms with Crippen LogP contribution in [0.4, 0.5) is 5.82 Å². The first-order chi connectivity index (χ1) is 10.1. The third-order valence-corrected chi connectivity index (χ3v) is 3.20. The smallest absolute Gasteiger partial charge is 0.392 e. The first-order valence-electron chi connectivity index (χ1n) is 6.43. The van der Waals surface area contributed by atoms with Crippen LogP contribution < -0.4 is 4.74 Å². The molecule has 1 aromatic carbocycles. The number of ether oxygens (including phenoxy) is 1. The van der Waals surface area contributed by atoms with Crippen molar-refractivity contribution in [3.63, 3.8) is 0 Å². The molecule has 0 N–H and O–H groups in total. The van der Waals surface area contributed by atoms with E-state index in [1.54, 1.807) is 24.4 Å². The molecular formula is C15H13N3O3. The molecule has 2 aromatic heterocycles. The van der Waals surface area contributed by atoms with Crippen LogP contribution in [0.15, 0.2) is 42.6 Å². The standard InChI is InChI=1S/C15H13N3O3/c1-10-6-7-11(2)12(9-10)21-14-15(18(19)20)17-8-4-3-5-13(17)16-14/h3-9H,1-2H3. The third kappa shape index (κ3) is 2.31. The second-order valence-corrected chi connectivity index (χ2v) is 4.80. The molecule has 0 atom stereocenters. The van der Waals surface area contributed by atoms with Gasteiger partial charge in [-0.05, 0) is 42.0 Å². The number of nitro groups is 1. The Balaban J connectivity index is 2.14. The van der Waals surface area contributed by atoms with E-state index in [-0.39, 0.29) is 11.7 Å². The summed E-state index contributed by atoms with van der Waals surface area (Å²) >= 11 is 0. The van der Waals surface area contributed by atoms with E-state index in [9.17, 15) is 10.1 Å². The fraction of sp³-hybridized carbons (Fsp3) is 0.133. The second kappa shape index (κ2) is 4.90. The molecule has 21 heavy (non-hydrogen) atoms. The van der Waals surface area contributed by atoms with Crippen LogP contribution in [0.1, 0.15) is 11.1 Å². The highest BCUT2D eigenvalue weighted by Crippen LogP contribution is 2.33. The largest absolute Gasteiger partial charge is 0.432 e. The van der Waals surface area contributed by atoms with Crippen molar-refractivity contribution in [1.29, 1.82) is 0 Å². The number of hydrogen-bond acceptors (Lipinski definition) is 4. The van der Waals surface area contributed by atoms with Crippen LogP contribution in [0.2, 0.25) is 0 Å². The number of nitrogens with zero attached hydrogens (tertiary/aromatic N) is 3. The zero-order valence-electron chi connectivity index (χ0n) is 11.6. The van der Waals surface area contributed by atoms with E-state index in [4.69, 9.17) is 4.74 Å². The molecule has 0 aliphatic carbocycles. The van der Waals surface area contributed by atoms with Crippen molar-refractivity contribution in [1.82, 2.24) is 9.38 Å². The van der Waals surface area contributed by atoms with Gasteiger partial charge in [0, 0.05) is 6.07 Å². The number of aryl methyl sites for hydroxylation is 2. The van der Waals surface area contributed by atoms with E-state index in [0.29, 0.717) is 11.4 Å². The number of pyridine rings is 1. The Morgan fingerprint density at radius 2 is 2.05 bits per heavy atom. The van der Waals surface area contributed by atoms with Crippen molar-refractivity contribution in [2.24, 2.45) is 0 Å². The number of fused-ring (bicyclic) bond motifs is 1. The predicted molar refractivity (Wildman–Crippen MR) is 77.8 cm³/mol. The summed E-state index contributed by atoms with van der Waals surface area (Å²) in [5.41, 5.74) is 2.39. The van der Waals surface area contributed by atoms with Crippen molar-refractivity contribution < 1.29 is 9.66 Å². The molecule has 0 saturated heterocycles. The summed E-state index contributed by atoms with van der Waals surface area (Å²) in [4.78, 5) is 15.0. The van der Waals surface area contributed by atoms with E-state index >= 15 is 0 Å². The highest BCUT2D eigenvalue weighted by molar-refractivity contribution is 5.54. The van der Waals surface area contributed by atoms with Crippen LogP contribution in [0.25, 0.3) is 5.65 Å². The van der Waals surface area contributed by atoms with E-state index in [1.165, 1.54) is 4.40 Å². The van der Waals surface area contributed by atoms with Crippen molar-refractivity contribution in [3.8, 4) is 11.6 Å². The van der Waals surface area contributed by atoms with Crippen molar-refractivity contribution in [2.75, 3.05) is 0 Å². The number of benzene rings is 1. The average Bonchev–Trinajstić information content (AvgIpc) is 2.80. The van der Waals surface area contributed by atoms with E-state index in [1.807, 2.05) is 32.0 Å². The van der Waals surface area contributed by atoms with Gasteiger partial charge in [-0.1, -0.05) is 18.2 Å². The maximum atomic E-state index is 11.3. The molecule has 0 radical (unpaired) electrons. The highest BCUT2D eigenvalue weighted by Gasteiger charge is 2.24. The van der Waals surface area contributed by atoms with Gasteiger partial charge in [0.05, 0.1) is 6.20 Å². The Bertz CT molecular complexity index is 839. The Labute approximate surface area is 120 Å². The molecule has 0 saturated carbocycles. The highest BCUT2D eigenvalue weighted by atomic mass is 16.6. The molecule has 0 amide bonds. The zero-order valence-corrected chi connectivity index (χ0v) is 11.6. The molecule has 106 valence electrons. The fourth-order valence-corrected chi connectivity index (χ4v) is 2.12. The molecule has 0 unspecified atom stereocenters. The summed E-state index contributed by atoms with van der Waals surface area (Å²) in [7, 11) is 0. The van der Waals surface area contributed by atoms with Gasteiger partial charge in [-0.2, -0.15) is 9.38 Å². The van der Waals surface area contributed by atoms with Gasteiger partial charge in [0.25, 0.3) is 0 Å².